The van der Waals surface area contributed by atoms with Gasteiger partial charge >= 0.3 is 12.1 Å². The highest BCUT2D eigenvalue weighted by Gasteiger charge is 2.29. The number of nitrogens with zero attached hydrogens (tertiary/aromatic N) is 3. The number of hydrogen-bond acceptors (Lipinski definition) is 10. The largest absolute Gasteiger partial charge is 0.480 e. The average Bonchev–Trinajstić information content (AvgIpc) is 3.37. The molecule has 1 aromatic carbocycles. The van der Waals surface area contributed by atoms with Crippen LogP contribution in [-0.2, 0) is 14.8 Å². The number of nitrogens with one attached hydrogen (secondary N) is 1. The zero-order chi connectivity index (χ0) is 28.4. The summed E-state index contributed by atoms with van der Waals surface area (Å²) >= 11 is 1.47. The van der Waals surface area contributed by atoms with Crippen LogP contribution in [-0.4, -0.2) is 55.3 Å². The van der Waals surface area contributed by atoms with Crippen LogP contribution in [0.25, 0.3) is 21.6 Å². The Morgan fingerprint density at radius 2 is 1.77 bits per heavy atom. The lowest BCUT2D eigenvalue weighted by atomic mass is 9.88. The summed E-state index contributed by atoms with van der Waals surface area (Å²) in [5, 5.41) is 0.920. The molecule has 4 rings (SSSR count). The van der Waals surface area contributed by atoms with Gasteiger partial charge in [0, 0.05) is 29.4 Å². The summed E-state index contributed by atoms with van der Waals surface area (Å²) in [5.74, 6) is 0.460. The number of hydrogen-bond donors (Lipinski definition) is 2. The van der Waals surface area contributed by atoms with E-state index in [1.165, 1.54) is 31.8 Å². The van der Waals surface area contributed by atoms with Crippen LogP contribution in [0.15, 0.2) is 35.5 Å². The predicted molar refractivity (Wildman–Crippen MR) is 147 cm³/mol. The van der Waals surface area contributed by atoms with Gasteiger partial charge in [0.05, 0.1) is 34.6 Å². The number of primary amides is 1. The van der Waals surface area contributed by atoms with E-state index < -0.39 is 21.7 Å². The Hall–Kier alpha value is -3.29. The van der Waals surface area contributed by atoms with Gasteiger partial charge < -0.3 is 19.9 Å². The van der Waals surface area contributed by atoms with Gasteiger partial charge in [-0.3, -0.25) is 0 Å². The van der Waals surface area contributed by atoms with Gasteiger partial charge in [0.2, 0.25) is 15.9 Å². The molecule has 0 atom stereocenters. The van der Waals surface area contributed by atoms with Crippen LogP contribution in [0, 0.1) is 0 Å². The van der Waals surface area contributed by atoms with Crippen molar-refractivity contribution in [3.8, 4) is 33.5 Å². The van der Waals surface area contributed by atoms with Crippen molar-refractivity contribution in [3.05, 3.63) is 35.6 Å². The minimum absolute atomic E-state index is 0.113. The van der Waals surface area contributed by atoms with E-state index in [-0.39, 0.29) is 28.8 Å². The van der Waals surface area contributed by atoms with Crippen LogP contribution < -0.4 is 19.9 Å². The highest BCUT2D eigenvalue weighted by atomic mass is 32.2. The first-order chi connectivity index (χ1) is 18.4. The van der Waals surface area contributed by atoms with E-state index in [1.807, 2.05) is 6.07 Å². The Balaban J connectivity index is 1.72. The number of ether oxygens (including phenoxy) is 3. The molecule has 0 unspecified atom stereocenters. The highest BCUT2D eigenvalue weighted by Crippen LogP contribution is 2.41. The molecule has 210 valence electrons. The third kappa shape index (κ3) is 6.84. The molecular formula is C26H33N5O6S2. The van der Waals surface area contributed by atoms with Gasteiger partial charge in [-0.25, -0.2) is 27.9 Å². The summed E-state index contributed by atoms with van der Waals surface area (Å²) in [6, 6.07) is 5.32. The first kappa shape index (κ1) is 28.7. The molecule has 1 amide bonds. The summed E-state index contributed by atoms with van der Waals surface area (Å²) in [6.07, 6.45) is 5.34. The molecule has 1 aliphatic rings. The molecule has 13 heteroatoms. The van der Waals surface area contributed by atoms with Gasteiger partial charge in [0.1, 0.15) is 6.10 Å². The molecule has 0 aliphatic heterocycles. The van der Waals surface area contributed by atoms with Crippen LogP contribution in [0.4, 0.5) is 4.79 Å². The van der Waals surface area contributed by atoms with Crippen LogP contribution >= 0.6 is 11.3 Å². The SMILES string of the molecule is COc1ncc(-c2ccc(-c3cnc(C4CCC(OC(N)=O)CC4)s3)c(S(=O)(=O)NC(C)(C)C)c2)c(OC)n1. The molecule has 0 spiro atoms. The summed E-state index contributed by atoms with van der Waals surface area (Å²) in [7, 11) is -1.00. The van der Waals surface area contributed by atoms with Crippen molar-refractivity contribution >= 4 is 27.5 Å². The van der Waals surface area contributed by atoms with E-state index in [1.54, 1.807) is 39.1 Å². The topological polar surface area (TPSA) is 156 Å². The van der Waals surface area contributed by atoms with E-state index in [0.29, 0.717) is 29.5 Å². The van der Waals surface area contributed by atoms with Gasteiger partial charge in [-0.15, -0.1) is 11.3 Å². The number of carbonyl (C=O) groups excluding carboxylic acids is 1. The first-order valence-electron chi connectivity index (χ1n) is 12.5. The summed E-state index contributed by atoms with van der Waals surface area (Å²) in [5.41, 5.74) is 6.10. The van der Waals surface area contributed by atoms with Crippen molar-refractivity contribution in [1.29, 1.82) is 0 Å². The quantitative estimate of drug-likeness (QED) is 0.395. The van der Waals surface area contributed by atoms with Crippen molar-refractivity contribution in [2.24, 2.45) is 5.73 Å². The van der Waals surface area contributed by atoms with E-state index in [9.17, 15) is 13.2 Å². The summed E-state index contributed by atoms with van der Waals surface area (Å²) in [6.45, 7) is 5.37. The molecule has 2 aromatic heterocycles. The third-order valence-corrected chi connectivity index (χ3v) is 9.22. The lowest BCUT2D eigenvalue weighted by molar-refractivity contribution is 0.0787. The molecule has 3 N–H and O–H groups in total. The molecule has 3 aromatic rings. The van der Waals surface area contributed by atoms with E-state index in [4.69, 9.17) is 19.9 Å². The number of rotatable bonds is 8. The molecule has 1 aliphatic carbocycles. The van der Waals surface area contributed by atoms with Gasteiger partial charge in [-0.1, -0.05) is 12.1 Å². The van der Waals surface area contributed by atoms with E-state index >= 15 is 0 Å². The zero-order valence-corrected chi connectivity index (χ0v) is 24.2. The number of amides is 1. The van der Waals surface area contributed by atoms with E-state index in [0.717, 1.165) is 22.7 Å². The number of carbonyl (C=O) groups is 1. The van der Waals surface area contributed by atoms with Gasteiger partial charge in [0.25, 0.3) is 0 Å². The van der Waals surface area contributed by atoms with Gasteiger partial charge in [-0.05, 0) is 58.1 Å². The maximum atomic E-state index is 13.7. The first-order valence-corrected chi connectivity index (χ1v) is 14.8. The number of thiazole rings is 1. The normalized spacial score (nSPS) is 18.0. The lowest BCUT2D eigenvalue weighted by Gasteiger charge is -2.26. The van der Waals surface area contributed by atoms with Crippen molar-refractivity contribution in [1.82, 2.24) is 19.7 Å². The Morgan fingerprint density at radius 1 is 1.05 bits per heavy atom. The monoisotopic (exact) mass is 575 g/mol. The molecule has 0 bridgehead atoms. The number of nitrogens with two attached hydrogens (primary N) is 1. The molecule has 0 saturated heterocycles. The third-order valence-electron chi connectivity index (χ3n) is 6.23. The average molecular weight is 576 g/mol. The number of methoxy groups -OCH3 is 2. The predicted octanol–water partition coefficient (Wildman–Crippen LogP) is 4.48. The smallest absolute Gasteiger partial charge is 0.404 e. The molecule has 1 saturated carbocycles. The van der Waals surface area contributed by atoms with Gasteiger partial charge in [0.15, 0.2) is 0 Å². The maximum Gasteiger partial charge on any atom is 0.404 e. The number of sulfonamides is 1. The lowest BCUT2D eigenvalue weighted by Crippen LogP contribution is -2.40. The van der Waals surface area contributed by atoms with Crippen LogP contribution in [0.1, 0.15) is 57.4 Å². The minimum Gasteiger partial charge on any atom is -0.480 e. The van der Waals surface area contributed by atoms with Crippen LogP contribution in [0.5, 0.6) is 11.9 Å². The molecule has 11 nitrogen and oxygen atoms in total. The second-order valence-electron chi connectivity index (χ2n) is 10.3. The second kappa shape index (κ2) is 11.4. The number of benzene rings is 1. The molecule has 2 heterocycles. The Kier molecular flexibility index (Phi) is 8.42. The van der Waals surface area contributed by atoms with Crippen molar-refractivity contribution in [2.45, 2.75) is 68.9 Å². The van der Waals surface area contributed by atoms with Crippen molar-refractivity contribution in [3.63, 3.8) is 0 Å². The Bertz CT molecular complexity index is 1440. The molecule has 1 fully saturated rings. The Labute approximate surface area is 232 Å². The van der Waals surface area contributed by atoms with Crippen molar-refractivity contribution in [2.75, 3.05) is 14.2 Å². The van der Waals surface area contributed by atoms with Crippen molar-refractivity contribution < 1.29 is 27.4 Å². The fraction of sp³-hybridized carbons (Fsp3) is 0.462. The maximum absolute atomic E-state index is 13.7. The van der Waals surface area contributed by atoms with Crippen LogP contribution in [0.3, 0.4) is 0 Å². The summed E-state index contributed by atoms with van der Waals surface area (Å²) < 4.78 is 45.7. The highest BCUT2D eigenvalue weighted by molar-refractivity contribution is 7.89. The minimum atomic E-state index is -3.93. The zero-order valence-electron chi connectivity index (χ0n) is 22.6. The Morgan fingerprint density at radius 3 is 2.38 bits per heavy atom. The van der Waals surface area contributed by atoms with Crippen LogP contribution in [0.2, 0.25) is 0 Å². The number of aromatic nitrogens is 3. The van der Waals surface area contributed by atoms with Gasteiger partial charge in [-0.2, -0.15) is 4.98 Å². The summed E-state index contributed by atoms with van der Waals surface area (Å²) in [4.78, 5) is 25.0. The molecule has 39 heavy (non-hydrogen) atoms. The molecule has 0 radical (unpaired) electrons. The fourth-order valence-electron chi connectivity index (χ4n) is 4.57. The van der Waals surface area contributed by atoms with E-state index in [2.05, 4.69) is 19.7 Å². The fourth-order valence-corrected chi connectivity index (χ4v) is 7.43. The second-order valence-corrected chi connectivity index (χ2v) is 13.0. The standard InChI is InChI=1S/C26H33N5O6S2/c1-26(2,3)31-39(33,34)21-12-16(19-13-29-25(36-5)30-22(19)35-4)8-11-18(21)20-14-28-23(38-20)15-6-9-17(10-7-15)37-24(27)32/h8,11-15,17,31H,6-7,9-10H2,1-5H3,(H2,27,32). The molecular weight excluding hydrogens is 542 g/mol.